The van der Waals surface area contributed by atoms with Gasteiger partial charge in [0.25, 0.3) is 0 Å². The van der Waals surface area contributed by atoms with Crippen molar-refractivity contribution >= 4 is 41.8 Å². The smallest absolute Gasteiger partial charge is 0.410 e. The summed E-state index contributed by atoms with van der Waals surface area (Å²) in [4.78, 5) is 19.0. The highest BCUT2D eigenvalue weighted by Gasteiger charge is 2.37. The minimum absolute atomic E-state index is 0.123. The fraction of sp³-hybridized carbons (Fsp3) is 0.667. The van der Waals surface area contributed by atoms with Gasteiger partial charge in [-0.25, -0.2) is 14.3 Å². The number of ether oxygens (including phenoxy) is 1. The average Bonchev–Trinajstić information content (AvgIpc) is 2.98. The van der Waals surface area contributed by atoms with Gasteiger partial charge in [0.1, 0.15) is 11.4 Å². The van der Waals surface area contributed by atoms with Gasteiger partial charge in [0.15, 0.2) is 14.0 Å². The Labute approximate surface area is 195 Å². The lowest BCUT2D eigenvalue weighted by molar-refractivity contribution is 0.0231. The predicted molar refractivity (Wildman–Crippen MR) is 130 cm³/mol. The number of nitrogens with zero attached hydrogens (tertiary/aromatic N) is 4. The summed E-state index contributed by atoms with van der Waals surface area (Å²) in [6.07, 6.45) is 3.21. The van der Waals surface area contributed by atoms with E-state index in [-0.39, 0.29) is 11.1 Å². The number of rotatable bonds is 8. The Kier molecular flexibility index (Phi) is 8.15. The zero-order valence-corrected chi connectivity index (χ0v) is 22.5. The van der Waals surface area contributed by atoms with Gasteiger partial charge in [-0.1, -0.05) is 20.8 Å². The van der Waals surface area contributed by atoms with Crippen LogP contribution in [-0.2, 0) is 9.16 Å². The molecule has 1 amide bonds. The standard InChI is InChI=1S/C21H36BrN5O3Si/c1-20(2,3)30-19(28)26(13-14-29-31(7,8)21(4,5)6)12-10-23-17-9-11-27-18(25-17)16(22)15-24-27/h9,11,15H,10,12-14H2,1-8H3,(H,23,25). The molecule has 10 heteroatoms. The predicted octanol–water partition coefficient (Wildman–Crippen LogP) is 5.16. The highest BCUT2D eigenvalue weighted by Crippen LogP contribution is 2.36. The largest absolute Gasteiger partial charge is 0.444 e. The first-order chi connectivity index (χ1) is 14.2. The number of carbonyl (C=O) groups is 1. The Morgan fingerprint density at radius 3 is 2.52 bits per heavy atom. The monoisotopic (exact) mass is 513 g/mol. The molecule has 2 aromatic heterocycles. The highest BCUT2D eigenvalue weighted by atomic mass is 79.9. The summed E-state index contributed by atoms with van der Waals surface area (Å²) < 4.78 is 14.4. The first kappa shape index (κ1) is 25.6. The maximum atomic E-state index is 12.7. The lowest BCUT2D eigenvalue weighted by Gasteiger charge is -2.37. The molecule has 0 spiro atoms. The zero-order chi connectivity index (χ0) is 23.4. The van der Waals surface area contributed by atoms with Gasteiger partial charge in [0.05, 0.1) is 17.3 Å². The molecule has 0 unspecified atom stereocenters. The molecule has 0 aromatic carbocycles. The topological polar surface area (TPSA) is 81.0 Å². The third-order valence-electron chi connectivity index (χ3n) is 5.30. The van der Waals surface area contributed by atoms with Gasteiger partial charge in [0.2, 0.25) is 0 Å². The van der Waals surface area contributed by atoms with Crippen LogP contribution in [0, 0.1) is 0 Å². The van der Waals surface area contributed by atoms with E-state index in [2.05, 4.69) is 65.2 Å². The molecule has 2 heterocycles. The van der Waals surface area contributed by atoms with E-state index >= 15 is 0 Å². The summed E-state index contributed by atoms with van der Waals surface area (Å²) in [5.74, 6) is 0.718. The Balaban J connectivity index is 1.98. The van der Waals surface area contributed by atoms with Gasteiger partial charge in [-0.15, -0.1) is 0 Å². The van der Waals surface area contributed by atoms with Crippen LogP contribution in [0.25, 0.3) is 5.65 Å². The van der Waals surface area contributed by atoms with Gasteiger partial charge in [-0.3, -0.25) is 0 Å². The normalized spacial score (nSPS) is 12.8. The van der Waals surface area contributed by atoms with E-state index in [0.29, 0.717) is 26.2 Å². The van der Waals surface area contributed by atoms with Crippen LogP contribution in [0.1, 0.15) is 41.5 Å². The van der Waals surface area contributed by atoms with Gasteiger partial charge in [-0.05, 0) is 60.9 Å². The van der Waals surface area contributed by atoms with Crippen molar-refractivity contribution in [1.82, 2.24) is 19.5 Å². The maximum Gasteiger partial charge on any atom is 0.410 e. The van der Waals surface area contributed by atoms with E-state index in [1.165, 1.54) is 0 Å². The number of nitrogens with one attached hydrogen (secondary N) is 1. The minimum atomic E-state index is -1.88. The second-order valence-electron chi connectivity index (χ2n) is 10.1. The first-order valence-corrected chi connectivity index (χ1v) is 14.3. The van der Waals surface area contributed by atoms with E-state index < -0.39 is 13.9 Å². The molecular weight excluding hydrogens is 478 g/mol. The lowest BCUT2D eigenvalue weighted by Crippen LogP contribution is -2.45. The molecule has 0 aliphatic rings. The highest BCUT2D eigenvalue weighted by molar-refractivity contribution is 9.10. The number of fused-ring (bicyclic) bond motifs is 1. The molecule has 2 aromatic rings. The van der Waals surface area contributed by atoms with Crippen LogP contribution in [-0.4, -0.2) is 65.8 Å². The molecule has 8 nitrogen and oxygen atoms in total. The molecule has 1 N–H and O–H groups in total. The second kappa shape index (κ2) is 9.87. The fourth-order valence-electron chi connectivity index (χ4n) is 2.51. The third-order valence-corrected chi connectivity index (χ3v) is 10.4. The molecule has 2 rings (SSSR count). The Morgan fingerprint density at radius 1 is 1.23 bits per heavy atom. The molecule has 0 atom stereocenters. The summed E-state index contributed by atoms with van der Waals surface area (Å²) in [5.41, 5.74) is 0.181. The molecule has 31 heavy (non-hydrogen) atoms. The van der Waals surface area contributed by atoms with Crippen LogP contribution in [0.15, 0.2) is 22.9 Å². The average molecular weight is 515 g/mol. The summed E-state index contributed by atoms with van der Waals surface area (Å²) in [5, 5.41) is 7.60. The maximum absolute atomic E-state index is 12.7. The molecule has 0 aliphatic carbocycles. The summed E-state index contributed by atoms with van der Waals surface area (Å²) in [7, 11) is -1.88. The Hall–Kier alpha value is -1.65. The second-order valence-corrected chi connectivity index (χ2v) is 15.7. The number of halogens is 1. The number of hydrogen-bond acceptors (Lipinski definition) is 6. The molecule has 0 aliphatic heterocycles. The molecule has 0 saturated carbocycles. The van der Waals surface area contributed by atoms with Crippen molar-refractivity contribution in [2.24, 2.45) is 0 Å². The van der Waals surface area contributed by atoms with E-state index in [4.69, 9.17) is 9.16 Å². The quantitative estimate of drug-likeness (QED) is 0.490. The molecular formula is C21H36BrN5O3Si. The van der Waals surface area contributed by atoms with Crippen molar-refractivity contribution in [3.05, 3.63) is 22.9 Å². The molecule has 0 radical (unpaired) electrons. The van der Waals surface area contributed by atoms with Crippen molar-refractivity contribution in [3.63, 3.8) is 0 Å². The van der Waals surface area contributed by atoms with E-state index in [9.17, 15) is 4.79 Å². The van der Waals surface area contributed by atoms with Gasteiger partial charge < -0.3 is 19.4 Å². The lowest BCUT2D eigenvalue weighted by atomic mass is 10.2. The number of hydrogen-bond donors (Lipinski definition) is 1. The first-order valence-electron chi connectivity index (χ1n) is 10.6. The van der Waals surface area contributed by atoms with Crippen LogP contribution in [0.4, 0.5) is 10.6 Å². The summed E-state index contributed by atoms with van der Waals surface area (Å²) >= 11 is 3.44. The number of aromatic nitrogens is 3. The van der Waals surface area contributed by atoms with Gasteiger partial charge in [0, 0.05) is 25.8 Å². The number of anilines is 1. The Bertz CT molecular complexity index is 889. The van der Waals surface area contributed by atoms with Crippen LogP contribution in [0.2, 0.25) is 18.1 Å². The van der Waals surface area contributed by atoms with E-state index in [1.54, 1.807) is 15.6 Å². The molecule has 0 saturated heterocycles. The SMILES string of the molecule is CC(C)(C)OC(=O)N(CCNc1ccn2ncc(Br)c2n1)CCO[Si](C)(C)C(C)(C)C. The van der Waals surface area contributed by atoms with E-state index in [0.717, 1.165) is 15.9 Å². The summed E-state index contributed by atoms with van der Waals surface area (Å²) in [6.45, 7) is 18.6. The van der Waals surface area contributed by atoms with Crippen molar-refractivity contribution in [1.29, 1.82) is 0 Å². The van der Waals surface area contributed by atoms with Crippen molar-refractivity contribution in [3.8, 4) is 0 Å². The van der Waals surface area contributed by atoms with E-state index in [1.807, 2.05) is 33.0 Å². The Morgan fingerprint density at radius 2 is 1.90 bits per heavy atom. The third kappa shape index (κ3) is 7.46. The van der Waals surface area contributed by atoms with Crippen LogP contribution in [0.3, 0.4) is 0 Å². The summed E-state index contributed by atoms with van der Waals surface area (Å²) in [6, 6.07) is 1.85. The van der Waals surface area contributed by atoms with Crippen LogP contribution in [0.5, 0.6) is 0 Å². The minimum Gasteiger partial charge on any atom is -0.444 e. The number of carbonyl (C=O) groups excluding carboxylic acids is 1. The van der Waals surface area contributed by atoms with Crippen molar-refractivity contribution in [2.45, 2.75) is 65.3 Å². The van der Waals surface area contributed by atoms with Gasteiger partial charge in [-0.2, -0.15) is 5.10 Å². The van der Waals surface area contributed by atoms with Crippen molar-refractivity contribution in [2.75, 3.05) is 31.6 Å². The zero-order valence-electron chi connectivity index (χ0n) is 20.0. The van der Waals surface area contributed by atoms with Crippen LogP contribution < -0.4 is 5.32 Å². The molecule has 0 fully saturated rings. The fourth-order valence-corrected chi connectivity index (χ4v) is 3.90. The van der Waals surface area contributed by atoms with Gasteiger partial charge >= 0.3 is 6.09 Å². The molecule has 174 valence electrons. The molecule has 0 bridgehead atoms. The number of amides is 1. The van der Waals surface area contributed by atoms with Crippen LogP contribution >= 0.6 is 15.9 Å². The van der Waals surface area contributed by atoms with Crippen molar-refractivity contribution < 1.29 is 14.0 Å².